The van der Waals surface area contributed by atoms with E-state index in [2.05, 4.69) is 65.3 Å². The fraction of sp³-hybridized carbons (Fsp3) is 0.529. The number of methoxy groups -OCH3 is 2. The van der Waals surface area contributed by atoms with Crippen LogP contribution in [0.1, 0.15) is 68.9 Å². The number of hydrogen-bond donors (Lipinski definition) is 2. The highest BCUT2D eigenvalue weighted by molar-refractivity contribution is 5.64. The lowest BCUT2D eigenvalue weighted by atomic mass is 10.0. The van der Waals surface area contributed by atoms with Crippen LogP contribution in [-0.4, -0.2) is 111 Å². The minimum absolute atomic E-state index is 0.228. The van der Waals surface area contributed by atoms with Crippen molar-refractivity contribution in [1.82, 2.24) is 5.32 Å². The van der Waals surface area contributed by atoms with Gasteiger partial charge in [0.05, 0.1) is 67.1 Å². The Morgan fingerprint density at radius 1 is 0.635 bits per heavy atom. The second-order valence-corrected chi connectivity index (χ2v) is 15.3. The van der Waals surface area contributed by atoms with Gasteiger partial charge in [-0.05, 0) is 97.2 Å². The Morgan fingerprint density at radius 3 is 1.87 bits per heavy atom. The Morgan fingerprint density at radius 2 is 1.22 bits per heavy atom. The molecule has 0 fully saturated rings. The molecule has 0 saturated carbocycles. The van der Waals surface area contributed by atoms with Crippen LogP contribution in [0.25, 0.3) is 11.1 Å². The van der Waals surface area contributed by atoms with Crippen LogP contribution in [0.2, 0.25) is 0 Å². The molecular formula is C51H69NO11. The van der Waals surface area contributed by atoms with E-state index in [1.54, 1.807) is 14.2 Å². The van der Waals surface area contributed by atoms with E-state index in [0.29, 0.717) is 109 Å². The van der Waals surface area contributed by atoms with E-state index < -0.39 is 0 Å². The average Bonchev–Trinajstić information content (AvgIpc) is 3.31. The predicted octanol–water partition coefficient (Wildman–Crippen LogP) is 8.54. The second kappa shape index (κ2) is 30.5. The summed E-state index contributed by atoms with van der Waals surface area (Å²) >= 11 is 0. The summed E-state index contributed by atoms with van der Waals surface area (Å²) in [6, 6.07) is 20.7. The minimum atomic E-state index is -0.324. The van der Waals surface area contributed by atoms with Crippen LogP contribution >= 0.6 is 0 Å². The molecule has 0 radical (unpaired) electrons. The first kappa shape index (κ1) is 49.4. The third-order valence-corrected chi connectivity index (χ3v) is 10.4. The van der Waals surface area contributed by atoms with E-state index in [1.165, 1.54) is 5.56 Å². The Labute approximate surface area is 374 Å². The van der Waals surface area contributed by atoms with E-state index in [4.69, 9.17) is 52.5 Å². The van der Waals surface area contributed by atoms with Crippen molar-refractivity contribution < 1.29 is 52.5 Å². The summed E-state index contributed by atoms with van der Waals surface area (Å²) in [5, 5.41) is 12.5. The van der Waals surface area contributed by atoms with E-state index >= 15 is 0 Å². The molecule has 12 heteroatoms. The van der Waals surface area contributed by atoms with Crippen molar-refractivity contribution in [2.24, 2.45) is 0 Å². The van der Waals surface area contributed by atoms with Crippen molar-refractivity contribution in [3.8, 4) is 34.1 Å². The van der Waals surface area contributed by atoms with E-state index in [-0.39, 0.29) is 12.7 Å². The van der Waals surface area contributed by atoms with Gasteiger partial charge in [0.1, 0.15) is 25.1 Å². The molecule has 0 bridgehead atoms. The number of ether oxygens (including phenoxy) is 10. The summed E-state index contributed by atoms with van der Waals surface area (Å²) < 4.78 is 58.7. The summed E-state index contributed by atoms with van der Waals surface area (Å²) in [7, 11) is 3.28. The Kier molecular flexibility index (Phi) is 23.9. The molecule has 3 aromatic rings. The van der Waals surface area contributed by atoms with Gasteiger partial charge < -0.3 is 57.8 Å². The second-order valence-electron chi connectivity index (χ2n) is 15.3. The SMILES string of the molecule is COc1cc(CNCc2ccc(-c3ccc(OCC4=C=C=C5OCCOCCOCCCC=CCCCOCCOCCOC5C4)cc3)cc2)cc(OC)c1OCCCCCCO. The number of benzene rings is 3. The zero-order valence-electron chi connectivity index (χ0n) is 37.5. The number of unbranched alkanes of at least 4 members (excludes halogenated alkanes) is 3. The highest BCUT2D eigenvalue weighted by Gasteiger charge is 2.22. The third kappa shape index (κ3) is 19.0. The number of hydrogen-bond acceptors (Lipinski definition) is 12. The lowest BCUT2D eigenvalue weighted by Gasteiger charge is -2.22. The van der Waals surface area contributed by atoms with Gasteiger partial charge in [-0.25, -0.2) is 0 Å². The number of nitrogens with one attached hydrogen (secondary N) is 1. The molecule has 2 aliphatic rings. The van der Waals surface area contributed by atoms with Gasteiger partial charge >= 0.3 is 0 Å². The summed E-state index contributed by atoms with van der Waals surface area (Å²) in [6.45, 7) is 7.80. The quantitative estimate of drug-likeness (QED) is 0.0768. The molecule has 0 saturated heterocycles. The predicted molar refractivity (Wildman–Crippen MR) is 244 cm³/mol. The van der Waals surface area contributed by atoms with Gasteiger partial charge in [0.25, 0.3) is 0 Å². The molecule has 0 aromatic heterocycles. The van der Waals surface area contributed by atoms with Crippen LogP contribution in [0.3, 0.4) is 0 Å². The lowest BCUT2D eigenvalue weighted by molar-refractivity contribution is -0.0257. The van der Waals surface area contributed by atoms with Gasteiger partial charge in [0.15, 0.2) is 17.3 Å². The van der Waals surface area contributed by atoms with Crippen molar-refractivity contribution in [2.45, 2.75) is 77.0 Å². The highest BCUT2D eigenvalue weighted by atomic mass is 16.6. The van der Waals surface area contributed by atoms with Crippen molar-refractivity contribution in [3.63, 3.8) is 0 Å². The molecule has 1 heterocycles. The van der Waals surface area contributed by atoms with Crippen LogP contribution in [0.4, 0.5) is 0 Å². The fourth-order valence-electron chi connectivity index (χ4n) is 6.90. The number of aliphatic hydroxyl groups excluding tert-OH is 1. The van der Waals surface area contributed by atoms with Gasteiger partial charge in [-0.3, -0.25) is 0 Å². The maximum Gasteiger partial charge on any atom is 0.203 e. The standard InChI is InChI=1S/C51H69NO11/c1-54-49-36-43(37-50(55-2)51(49)62-26-12-8-5-9-23-53)39-52-38-41-13-16-44(17-14-41)45-18-20-46(21-19-45)63-40-42-15-22-47-48(35-42)61-34-32-59-30-28-57-25-11-7-4-3-6-10-24-56-27-29-58-31-33-60-47/h3-4,13-14,16-21,36-37,48,52-53H,5-12,23-35,38-40H2,1-2H3. The first-order valence-corrected chi connectivity index (χ1v) is 22.6. The Bertz CT molecular complexity index is 1820. The van der Waals surface area contributed by atoms with E-state index in [1.807, 2.05) is 24.3 Å². The van der Waals surface area contributed by atoms with Crippen LogP contribution in [-0.2, 0) is 41.5 Å². The molecule has 344 valence electrons. The number of rotatable bonds is 17. The molecule has 1 atom stereocenters. The monoisotopic (exact) mass is 871 g/mol. The third-order valence-electron chi connectivity index (χ3n) is 10.4. The normalized spacial score (nSPS) is 17.6. The molecule has 5 rings (SSSR count). The Balaban J connectivity index is 1.07. The van der Waals surface area contributed by atoms with Gasteiger partial charge in [-0.1, -0.05) is 60.7 Å². The van der Waals surface area contributed by atoms with Crippen molar-refractivity contribution in [1.29, 1.82) is 0 Å². The first-order chi connectivity index (χ1) is 31.2. The van der Waals surface area contributed by atoms with Crippen molar-refractivity contribution in [2.75, 3.05) is 100 Å². The summed E-state index contributed by atoms with van der Waals surface area (Å²) in [5.41, 5.74) is 11.8. The molecule has 1 aliphatic heterocycles. The smallest absolute Gasteiger partial charge is 0.203 e. The molecule has 63 heavy (non-hydrogen) atoms. The van der Waals surface area contributed by atoms with Crippen molar-refractivity contribution >= 4 is 0 Å². The maximum atomic E-state index is 8.99. The highest BCUT2D eigenvalue weighted by Crippen LogP contribution is 2.39. The largest absolute Gasteiger partial charge is 0.493 e. The molecule has 0 spiro atoms. The first-order valence-electron chi connectivity index (χ1n) is 22.6. The number of aliphatic hydroxyl groups is 1. The van der Waals surface area contributed by atoms with E-state index in [9.17, 15) is 0 Å². The molecule has 12 nitrogen and oxygen atoms in total. The van der Waals surface area contributed by atoms with Crippen molar-refractivity contribution in [3.05, 3.63) is 107 Å². The fourth-order valence-corrected chi connectivity index (χ4v) is 6.90. The van der Waals surface area contributed by atoms with E-state index in [0.717, 1.165) is 92.6 Å². The summed E-state index contributed by atoms with van der Waals surface area (Å²) in [4.78, 5) is 0. The minimum Gasteiger partial charge on any atom is -0.493 e. The van der Waals surface area contributed by atoms with Crippen LogP contribution in [0.5, 0.6) is 23.0 Å². The maximum absolute atomic E-state index is 8.99. The molecule has 0 amide bonds. The van der Waals surface area contributed by atoms with Gasteiger partial charge in [-0.15, -0.1) is 0 Å². The molecule has 1 unspecified atom stereocenters. The van der Waals surface area contributed by atoms with Crippen LogP contribution in [0, 0.1) is 0 Å². The zero-order chi connectivity index (χ0) is 44.0. The van der Waals surface area contributed by atoms with Crippen LogP contribution < -0.4 is 24.3 Å². The van der Waals surface area contributed by atoms with Gasteiger partial charge in [-0.2, -0.15) is 0 Å². The molecule has 2 N–H and O–H groups in total. The topological polar surface area (TPSA) is 125 Å². The zero-order valence-corrected chi connectivity index (χ0v) is 37.5. The molecular weight excluding hydrogens is 803 g/mol. The summed E-state index contributed by atoms with van der Waals surface area (Å²) in [6.07, 6.45) is 12.4. The number of allylic oxidation sites excluding steroid dienone is 2. The molecule has 1 aliphatic carbocycles. The molecule has 3 aromatic carbocycles. The summed E-state index contributed by atoms with van der Waals surface area (Å²) in [5.74, 6) is 3.28. The van der Waals surface area contributed by atoms with Gasteiger partial charge in [0, 0.05) is 44.9 Å². The number of fused-ring (bicyclic) bond motifs is 1. The van der Waals surface area contributed by atoms with Gasteiger partial charge in [0.2, 0.25) is 5.75 Å². The average molecular weight is 872 g/mol. The lowest BCUT2D eigenvalue weighted by Crippen LogP contribution is -2.24. The van der Waals surface area contributed by atoms with Crippen LogP contribution in [0.15, 0.2) is 95.6 Å². The Hall–Kier alpha value is -4.58.